The third-order valence-corrected chi connectivity index (χ3v) is 8.22. The van der Waals surface area contributed by atoms with Crippen molar-refractivity contribution in [3.8, 4) is 0 Å². The van der Waals surface area contributed by atoms with E-state index in [1.54, 1.807) is 0 Å². The van der Waals surface area contributed by atoms with E-state index in [0.29, 0.717) is 5.56 Å². The predicted octanol–water partition coefficient (Wildman–Crippen LogP) is 3.69. The maximum Gasteiger partial charge on any atom is 0.416 e. The van der Waals surface area contributed by atoms with E-state index >= 15 is 0 Å². The molecule has 164 valence electrons. The van der Waals surface area contributed by atoms with Crippen LogP contribution in [-0.2, 0) is 27.2 Å². The molecule has 2 aromatic carbocycles. The molecule has 0 aliphatic carbocycles. The van der Waals surface area contributed by atoms with Gasteiger partial charge in [0.15, 0.2) is 15.0 Å². The molecule has 2 aromatic rings. The number of amidine groups is 1. The number of rotatable bonds is 3. The van der Waals surface area contributed by atoms with Crippen LogP contribution in [-0.4, -0.2) is 42.3 Å². The zero-order valence-electron chi connectivity index (χ0n) is 15.8. The van der Waals surface area contributed by atoms with Crippen molar-refractivity contribution in [2.45, 2.75) is 23.9 Å². The number of carbonyl (C=O) groups excluding carboxylic acids is 1. The third kappa shape index (κ3) is 4.77. The smallest absolute Gasteiger partial charge is 0.316 e. The van der Waals surface area contributed by atoms with Crippen molar-refractivity contribution in [2.75, 3.05) is 16.4 Å². The van der Waals surface area contributed by atoms with E-state index in [2.05, 4.69) is 4.99 Å². The van der Waals surface area contributed by atoms with Crippen LogP contribution in [0.2, 0.25) is 0 Å². The highest BCUT2D eigenvalue weighted by Gasteiger charge is 2.49. The Morgan fingerprint density at radius 1 is 1.13 bits per heavy atom. The van der Waals surface area contributed by atoms with Gasteiger partial charge in [-0.3, -0.25) is 4.79 Å². The van der Waals surface area contributed by atoms with Crippen molar-refractivity contribution < 1.29 is 30.8 Å². The van der Waals surface area contributed by atoms with Gasteiger partial charge >= 0.3 is 6.18 Å². The summed E-state index contributed by atoms with van der Waals surface area (Å²) in [6, 6.07) is 9.22. The van der Waals surface area contributed by atoms with Crippen molar-refractivity contribution in [1.82, 2.24) is 0 Å². The van der Waals surface area contributed by atoms with Gasteiger partial charge in [-0.15, -0.1) is 0 Å². The number of carbonyl (C=O) groups is 1. The third-order valence-electron chi connectivity index (χ3n) is 5.01. The monoisotopic (exact) mass is 472 g/mol. The Balaban J connectivity index is 1.67. The van der Waals surface area contributed by atoms with E-state index in [1.807, 2.05) is 0 Å². The van der Waals surface area contributed by atoms with E-state index in [4.69, 9.17) is 0 Å². The molecule has 0 saturated carbocycles. The number of thioether (sulfide) groups is 1. The largest absolute Gasteiger partial charge is 0.416 e. The first-order valence-electron chi connectivity index (χ1n) is 9.21. The summed E-state index contributed by atoms with van der Waals surface area (Å²) in [5.41, 5.74) is -0.219. The number of nitrogens with zero attached hydrogens (tertiary/aromatic N) is 2. The van der Waals surface area contributed by atoms with Crippen LogP contribution >= 0.6 is 11.8 Å². The van der Waals surface area contributed by atoms with Crippen molar-refractivity contribution in [3.63, 3.8) is 0 Å². The van der Waals surface area contributed by atoms with Gasteiger partial charge in [0.05, 0.1) is 29.5 Å². The van der Waals surface area contributed by atoms with Gasteiger partial charge in [-0.25, -0.2) is 12.8 Å². The number of aliphatic imine (C=N–C) groups is 1. The standard InChI is InChI=1S/C20H16F4N2O3S2/c21-14-6-4-12(5-7-14)8-18(27)25-19-26(16-10-31(28,29)11-17(16)30-19)15-3-1-2-13(9-15)20(22,23)24/h1-7,9,16-17H,8,10-11H2/t16-,17+/m0/s1. The molecule has 0 spiro atoms. The molecule has 1 amide bonds. The lowest BCUT2D eigenvalue weighted by molar-refractivity contribution is -0.137. The van der Waals surface area contributed by atoms with Crippen molar-refractivity contribution in [3.05, 3.63) is 65.5 Å². The summed E-state index contributed by atoms with van der Waals surface area (Å²) >= 11 is 1.08. The van der Waals surface area contributed by atoms with Crippen molar-refractivity contribution in [1.29, 1.82) is 0 Å². The average molecular weight is 472 g/mol. The van der Waals surface area contributed by atoms with Gasteiger partial charge in [0.2, 0.25) is 0 Å². The fraction of sp³-hybridized carbons (Fsp3) is 0.300. The highest BCUT2D eigenvalue weighted by Crippen LogP contribution is 2.42. The molecule has 5 nitrogen and oxygen atoms in total. The van der Waals surface area contributed by atoms with E-state index < -0.39 is 44.6 Å². The van der Waals surface area contributed by atoms with E-state index in [1.165, 1.54) is 41.3 Å². The highest BCUT2D eigenvalue weighted by molar-refractivity contribution is 8.16. The average Bonchev–Trinajstić information content (AvgIpc) is 3.13. The van der Waals surface area contributed by atoms with Gasteiger partial charge in [0, 0.05) is 10.9 Å². The SMILES string of the molecule is O=C(Cc1ccc(F)cc1)N=C1S[C@@H]2CS(=O)(=O)C[C@@H]2N1c1cccc(C(F)(F)F)c1. The lowest BCUT2D eigenvalue weighted by atomic mass is 10.1. The summed E-state index contributed by atoms with van der Waals surface area (Å²) < 4.78 is 76.8. The Morgan fingerprint density at radius 3 is 2.52 bits per heavy atom. The topological polar surface area (TPSA) is 66.8 Å². The molecule has 2 aliphatic rings. The van der Waals surface area contributed by atoms with Gasteiger partial charge in [0.1, 0.15) is 5.82 Å². The second-order valence-corrected chi connectivity index (χ2v) is 10.7. The zero-order chi connectivity index (χ0) is 22.4. The molecule has 0 radical (unpaired) electrons. The van der Waals surface area contributed by atoms with Crippen LogP contribution in [0.5, 0.6) is 0 Å². The molecule has 0 bridgehead atoms. The molecule has 2 saturated heterocycles. The Bertz CT molecular complexity index is 1150. The van der Waals surface area contributed by atoms with Gasteiger partial charge in [0.25, 0.3) is 5.91 Å². The van der Waals surface area contributed by atoms with Gasteiger partial charge in [-0.1, -0.05) is 30.0 Å². The maximum absolute atomic E-state index is 13.2. The minimum absolute atomic E-state index is 0.117. The molecule has 2 heterocycles. The number of alkyl halides is 3. The van der Waals surface area contributed by atoms with Gasteiger partial charge < -0.3 is 4.90 Å². The number of anilines is 1. The maximum atomic E-state index is 13.2. The molecule has 31 heavy (non-hydrogen) atoms. The number of hydrogen-bond acceptors (Lipinski definition) is 4. The Labute approximate surface area is 180 Å². The molecule has 2 aliphatic heterocycles. The summed E-state index contributed by atoms with van der Waals surface area (Å²) in [6.45, 7) is 0. The van der Waals surface area contributed by atoms with Crippen molar-refractivity contribution in [2.24, 2.45) is 4.99 Å². The first-order valence-corrected chi connectivity index (χ1v) is 11.9. The van der Waals surface area contributed by atoms with Crippen LogP contribution < -0.4 is 4.90 Å². The molecular weight excluding hydrogens is 456 g/mol. The van der Waals surface area contributed by atoms with E-state index in [9.17, 15) is 30.8 Å². The molecule has 0 N–H and O–H groups in total. The molecule has 11 heteroatoms. The van der Waals surface area contributed by atoms with Crippen LogP contribution in [0.15, 0.2) is 53.5 Å². The molecular formula is C20H16F4N2O3S2. The van der Waals surface area contributed by atoms with Crippen LogP contribution in [0.4, 0.5) is 23.2 Å². The highest BCUT2D eigenvalue weighted by atomic mass is 32.2. The lowest BCUT2D eigenvalue weighted by Crippen LogP contribution is -2.38. The van der Waals surface area contributed by atoms with Gasteiger partial charge in [-0.05, 0) is 35.9 Å². The number of hydrogen-bond donors (Lipinski definition) is 0. The minimum atomic E-state index is -4.57. The predicted molar refractivity (Wildman–Crippen MR) is 110 cm³/mol. The molecule has 2 fully saturated rings. The summed E-state index contributed by atoms with van der Waals surface area (Å²) in [4.78, 5) is 18.0. The van der Waals surface area contributed by atoms with Crippen LogP contribution in [0.1, 0.15) is 11.1 Å². The van der Waals surface area contributed by atoms with Crippen LogP contribution in [0.3, 0.4) is 0 Å². The van der Waals surface area contributed by atoms with Crippen molar-refractivity contribution >= 4 is 38.4 Å². The Kier molecular flexibility index (Phi) is 5.59. The molecule has 4 rings (SSSR count). The minimum Gasteiger partial charge on any atom is -0.316 e. The normalized spacial score (nSPS) is 23.9. The lowest BCUT2D eigenvalue weighted by Gasteiger charge is -2.25. The fourth-order valence-electron chi connectivity index (χ4n) is 3.62. The Hall–Kier alpha value is -2.40. The number of halogens is 4. The summed E-state index contributed by atoms with van der Waals surface area (Å²) in [5, 5.41) is -0.270. The first-order chi connectivity index (χ1) is 14.5. The number of amides is 1. The quantitative estimate of drug-likeness (QED) is 0.638. The van der Waals surface area contributed by atoms with Crippen LogP contribution in [0, 0.1) is 5.82 Å². The number of benzene rings is 2. The summed E-state index contributed by atoms with van der Waals surface area (Å²) in [6.07, 6.45) is -4.69. The second-order valence-electron chi connectivity index (χ2n) is 7.31. The molecule has 2 atom stereocenters. The van der Waals surface area contributed by atoms with E-state index in [0.717, 1.165) is 23.9 Å². The Morgan fingerprint density at radius 2 is 1.84 bits per heavy atom. The molecule has 0 aromatic heterocycles. The van der Waals surface area contributed by atoms with Gasteiger partial charge in [-0.2, -0.15) is 18.2 Å². The summed E-state index contributed by atoms with van der Waals surface area (Å²) in [7, 11) is -3.35. The summed E-state index contributed by atoms with van der Waals surface area (Å²) in [5.74, 6) is -1.37. The first kappa shape index (κ1) is 21.8. The molecule has 0 unspecified atom stereocenters. The number of fused-ring (bicyclic) bond motifs is 1. The van der Waals surface area contributed by atoms with E-state index in [-0.39, 0.29) is 28.8 Å². The number of sulfone groups is 1. The van der Waals surface area contributed by atoms with Crippen LogP contribution in [0.25, 0.3) is 0 Å². The zero-order valence-corrected chi connectivity index (χ0v) is 17.5. The fourth-order valence-corrected chi connectivity index (χ4v) is 7.55. The second kappa shape index (κ2) is 7.94.